The summed E-state index contributed by atoms with van der Waals surface area (Å²) in [5.41, 5.74) is 0.0848. The lowest BCUT2D eigenvalue weighted by Crippen LogP contribution is -2.25. The third kappa shape index (κ3) is 2.74. The average Bonchev–Trinajstić information content (AvgIpc) is 2.89. The highest BCUT2D eigenvalue weighted by molar-refractivity contribution is 5.73. The Morgan fingerprint density at radius 3 is 2.61 bits per heavy atom. The van der Waals surface area contributed by atoms with E-state index in [0.29, 0.717) is 11.0 Å². The molecule has 3 rings (SSSR count). The topological polar surface area (TPSA) is 52.7 Å². The zero-order valence-electron chi connectivity index (χ0n) is 13.0. The van der Waals surface area contributed by atoms with Crippen LogP contribution in [0.5, 0.6) is 0 Å². The van der Waals surface area contributed by atoms with Crippen molar-refractivity contribution in [3.05, 3.63) is 58.3 Å². The lowest BCUT2D eigenvalue weighted by atomic mass is 10.1. The van der Waals surface area contributed by atoms with Gasteiger partial charge in [-0.15, -0.1) is 0 Å². The van der Waals surface area contributed by atoms with Crippen LogP contribution in [-0.2, 0) is 12.1 Å². The van der Waals surface area contributed by atoms with Gasteiger partial charge in [-0.1, -0.05) is 6.07 Å². The lowest BCUT2D eigenvalue weighted by molar-refractivity contribution is 0.365. The summed E-state index contributed by atoms with van der Waals surface area (Å²) < 4.78 is 29.7. The van der Waals surface area contributed by atoms with Crippen molar-refractivity contribution in [2.45, 2.75) is 32.9 Å². The Morgan fingerprint density at radius 2 is 1.96 bits per heavy atom. The van der Waals surface area contributed by atoms with Gasteiger partial charge in [0.15, 0.2) is 5.65 Å². The first-order valence-electron chi connectivity index (χ1n) is 7.15. The van der Waals surface area contributed by atoms with E-state index in [1.807, 2.05) is 20.8 Å². The summed E-state index contributed by atoms with van der Waals surface area (Å²) in [5.74, 6) is -1.35. The minimum atomic E-state index is -0.692. The molecule has 1 aromatic carbocycles. The van der Waals surface area contributed by atoms with Crippen LogP contribution in [0.4, 0.5) is 8.78 Å². The Morgan fingerprint density at radius 1 is 1.22 bits per heavy atom. The summed E-state index contributed by atoms with van der Waals surface area (Å²) in [6, 6.07) is 3.27. The highest BCUT2D eigenvalue weighted by Crippen LogP contribution is 2.18. The predicted molar refractivity (Wildman–Crippen MR) is 82.2 cm³/mol. The molecule has 0 aliphatic carbocycles. The molecular weight excluding hydrogens is 302 g/mol. The van der Waals surface area contributed by atoms with Crippen molar-refractivity contribution in [2.24, 2.45) is 0 Å². The summed E-state index contributed by atoms with van der Waals surface area (Å²) in [7, 11) is 0. The van der Waals surface area contributed by atoms with E-state index in [0.717, 1.165) is 12.1 Å². The van der Waals surface area contributed by atoms with Crippen molar-refractivity contribution >= 4 is 11.0 Å². The summed E-state index contributed by atoms with van der Waals surface area (Å²) in [6.07, 6.45) is 2.82. The minimum Gasteiger partial charge on any atom is -0.294 e. The summed E-state index contributed by atoms with van der Waals surface area (Å²) in [4.78, 5) is 16.8. The molecule has 0 spiro atoms. The minimum absolute atomic E-state index is 0.0193. The normalized spacial score (nSPS) is 12.0. The largest absolute Gasteiger partial charge is 0.294 e. The molecule has 2 aromatic heterocycles. The van der Waals surface area contributed by atoms with Gasteiger partial charge in [0.1, 0.15) is 23.3 Å². The summed E-state index contributed by atoms with van der Waals surface area (Å²) >= 11 is 0. The molecule has 7 heteroatoms. The van der Waals surface area contributed by atoms with Gasteiger partial charge in [0.05, 0.1) is 18.3 Å². The van der Waals surface area contributed by atoms with E-state index >= 15 is 0 Å². The standard InChI is InChI=1S/C16H16F2N4O/c1-16(2,3)22-14-12(7-20-22)15(23)21(9-19-14)8-10-4-5-11(17)6-13(10)18/h4-7,9H,8H2,1-3H3. The van der Waals surface area contributed by atoms with Crippen molar-refractivity contribution in [3.8, 4) is 0 Å². The maximum Gasteiger partial charge on any atom is 0.264 e. The lowest BCUT2D eigenvalue weighted by Gasteiger charge is -2.19. The first kappa shape index (κ1) is 15.3. The van der Waals surface area contributed by atoms with Crippen LogP contribution in [0, 0.1) is 11.6 Å². The molecule has 120 valence electrons. The van der Waals surface area contributed by atoms with Gasteiger partial charge in [-0.25, -0.2) is 18.4 Å². The third-order valence-electron chi connectivity index (χ3n) is 3.55. The Bertz CT molecular complexity index is 937. The van der Waals surface area contributed by atoms with Gasteiger partial charge in [-0.2, -0.15) is 5.10 Å². The van der Waals surface area contributed by atoms with E-state index in [9.17, 15) is 13.6 Å². The number of aromatic nitrogens is 4. The molecule has 0 unspecified atom stereocenters. The van der Waals surface area contributed by atoms with Crippen LogP contribution in [0.1, 0.15) is 26.3 Å². The molecule has 0 aliphatic rings. The van der Waals surface area contributed by atoms with E-state index in [-0.39, 0.29) is 23.2 Å². The fraction of sp³-hybridized carbons (Fsp3) is 0.312. The number of hydrogen-bond acceptors (Lipinski definition) is 3. The zero-order chi connectivity index (χ0) is 16.8. The van der Waals surface area contributed by atoms with Crippen LogP contribution in [-0.4, -0.2) is 19.3 Å². The SMILES string of the molecule is CC(C)(C)n1ncc2c(=O)n(Cc3ccc(F)cc3F)cnc21. The second-order valence-electron chi connectivity index (χ2n) is 6.38. The van der Waals surface area contributed by atoms with Crippen LogP contribution in [0.15, 0.2) is 35.5 Å². The fourth-order valence-corrected chi connectivity index (χ4v) is 2.39. The van der Waals surface area contributed by atoms with E-state index < -0.39 is 11.6 Å². The molecule has 0 saturated heterocycles. The van der Waals surface area contributed by atoms with Crippen LogP contribution in [0.3, 0.4) is 0 Å². The summed E-state index contributed by atoms with van der Waals surface area (Å²) in [5, 5.41) is 4.59. The monoisotopic (exact) mass is 318 g/mol. The first-order chi connectivity index (χ1) is 10.8. The van der Waals surface area contributed by atoms with E-state index in [1.165, 1.54) is 23.2 Å². The second-order valence-corrected chi connectivity index (χ2v) is 6.38. The van der Waals surface area contributed by atoms with Crippen molar-refractivity contribution in [3.63, 3.8) is 0 Å². The van der Waals surface area contributed by atoms with Crippen LogP contribution in [0.25, 0.3) is 11.0 Å². The van der Waals surface area contributed by atoms with E-state index in [4.69, 9.17) is 0 Å². The van der Waals surface area contributed by atoms with Crippen LogP contribution in [0.2, 0.25) is 0 Å². The van der Waals surface area contributed by atoms with Gasteiger partial charge in [-0.3, -0.25) is 9.36 Å². The van der Waals surface area contributed by atoms with Crippen LogP contribution >= 0.6 is 0 Å². The molecule has 5 nitrogen and oxygen atoms in total. The van der Waals surface area contributed by atoms with Crippen molar-refractivity contribution < 1.29 is 8.78 Å². The quantitative estimate of drug-likeness (QED) is 0.730. The molecule has 0 amide bonds. The zero-order valence-corrected chi connectivity index (χ0v) is 13.0. The smallest absolute Gasteiger partial charge is 0.264 e. The van der Waals surface area contributed by atoms with Gasteiger partial charge >= 0.3 is 0 Å². The molecule has 0 bridgehead atoms. The Labute approximate surface area is 131 Å². The maximum absolute atomic E-state index is 13.7. The number of nitrogens with zero attached hydrogens (tertiary/aromatic N) is 4. The first-order valence-corrected chi connectivity index (χ1v) is 7.15. The van der Waals surface area contributed by atoms with Crippen molar-refractivity contribution in [2.75, 3.05) is 0 Å². The molecule has 0 radical (unpaired) electrons. The predicted octanol–water partition coefficient (Wildman–Crippen LogP) is 2.67. The average molecular weight is 318 g/mol. The molecule has 3 aromatic rings. The van der Waals surface area contributed by atoms with Crippen molar-refractivity contribution in [1.29, 1.82) is 0 Å². The molecule has 2 heterocycles. The second kappa shape index (κ2) is 5.26. The van der Waals surface area contributed by atoms with Gasteiger partial charge in [-0.05, 0) is 26.8 Å². The van der Waals surface area contributed by atoms with E-state index in [1.54, 1.807) is 4.68 Å². The Hall–Kier alpha value is -2.57. The molecule has 23 heavy (non-hydrogen) atoms. The number of hydrogen-bond donors (Lipinski definition) is 0. The number of benzene rings is 1. The Kier molecular flexibility index (Phi) is 3.50. The van der Waals surface area contributed by atoms with Gasteiger partial charge in [0.25, 0.3) is 5.56 Å². The molecular formula is C16H16F2N4O. The number of halogens is 2. The number of rotatable bonds is 2. The van der Waals surface area contributed by atoms with Crippen molar-refractivity contribution in [1.82, 2.24) is 19.3 Å². The van der Waals surface area contributed by atoms with Gasteiger partial charge < -0.3 is 0 Å². The number of fused-ring (bicyclic) bond motifs is 1. The highest BCUT2D eigenvalue weighted by atomic mass is 19.1. The molecule has 0 N–H and O–H groups in total. The molecule has 0 fully saturated rings. The van der Waals surface area contributed by atoms with Gasteiger partial charge in [0, 0.05) is 11.6 Å². The summed E-state index contributed by atoms with van der Waals surface area (Å²) in [6.45, 7) is 5.86. The molecule has 0 saturated carbocycles. The maximum atomic E-state index is 13.7. The Balaban J connectivity index is 2.07. The molecule has 0 aliphatic heterocycles. The third-order valence-corrected chi connectivity index (χ3v) is 3.55. The molecule has 0 atom stereocenters. The highest BCUT2D eigenvalue weighted by Gasteiger charge is 2.19. The van der Waals surface area contributed by atoms with E-state index in [2.05, 4.69) is 10.1 Å². The van der Waals surface area contributed by atoms with Crippen LogP contribution < -0.4 is 5.56 Å². The fourth-order valence-electron chi connectivity index (χ4n) is 2.39. The van der Waals surface area contributed by atoms with Gasteiger partial charge in [0.2, 0.25) is 0 Å².